The maximum absolute atomic E-state index is 11.5. The van der Waals surface area contributed by atoms with Crippen LogP contribution >= 0.6 is 0 Å². The molecule has 3 heteroatoms. The second kappa shape index (κ2) is 4.12. The molecule has 3 nitrogen and oxygen atoms in total. The van der Waals surface area contributed by atoms with E-state index >= 15 is 0 Å². The van der Waals surface area contributed by atoms with E-state index in [0.717, 1.165) is 25.8 Å². The average Bonchev–Trinajstić information content (AvgIpc) is 2.86. The standard InChI is InChI=1S/C12H21NO2/c1-2-12(11(14)15)8-5-9-13(12)10-6-3-4-7-10/h10H,2-9H2,1H3,(H,14,15). The summed E-state index contributed by atoms with van der Waals surface area (Å²) in [5, 5.41) is 9.45. The molecule has 15 heavy (non-hydrogen) atoms. The van der Waals surface area contributed by atoms with E-state index < -0.39 is 11.5 Å². The molecule has 0 bridgehead atoms. The van der Waals surface area contributed by atoms with Crippen molar-refractivity contribution in [2.45, 2.75) is 63.5 Å². The molecular weight excluding hydrogens is 190 g/mol. The molecule has 1 atom stereocenters. The molecule has 1 saturated carbocycles. The molecule has 0 amide bonds. The van der Waals surface area contributed by atoms with Crippen LogP contribution in [-0.2, 0) is 4.79 Å². The highest BCUT2D eigenvalue weighted by Gasteiger charge is 2.48. The van der Waals surface area contributed by atoms with E-state index in [9.17, 15) is 9.90 Å². The SMILES string of the molecule is CCC1(C(=O)O)CCCN1C1CCCC1. The van der Waals surface area contributed by atoms with Crippen LogP contribution in [0.25, 0.3) is 0 Å². The lowest BCUT2D eigenvalue weighted by molar-refractivity contribution is -0.151. The van der Waals surface area contributed by atoms with Gasteiger partial charge in [0, 0.05) is 6.04 Å². The van der Waals surface area contributed by atoms with Crippen LogP contribution in [0, 0.1) is 0 Å². The fourth-order valence-corrected chi connectivity index (χ4v) is 3.41. The molecular formula is C12H21NO2. The molecule has 2 rings (SSSR count). The Hall–Kier alpha value is -0.570. The Morgan fingerprint density at radius 3 is 2.60 bits per heavy atom. The van der Waals surface area contributed by atoms with E-state index in [1.165, 1.54) is 25.7 Å². The molecule has 0 spiro atoms. The number of carbonyl (C=O) groups is 1. The van der Waals surface area contributed by atoms with Crippen LogP contribution in [0.5, 0.6) is 0 Å². The minimum Gasteiger partial charge on any atom is -0.480 e. The number of hydrogen-bond acceptors (Lipinski definition) is 2. The first-order valence-electron chi connectivity index (χ1n) is 6.21. The maximum atomic E-state index is 11.5. The van der Waals surface area contributed by atoms with Crippen molar-refractivity contribution in [3.8, 4) is 0 Å². The van der Waals surface area contributed by atoms with Crippen LogP contribution in [0.4, 0.5) is 0 Å². The first-order valence-corrected chi connectivity index (χ1v) is 6.21. The van der Waals surface area contributed by atoms with Gasteiger partial charge in [-0.05, 0) is 38.6 Å². The topological polar surface area (TPSA) is 40.5 Å². The zero-order chi connectivity index (χ0) is 10.9. The molecule has 2 fully saturated rings. The highest BCUT2D eigenvalue weighted by atomic mass is 16.4. The normalized spacial score (nSPS) is 33.7. The Bertz CT molecular complexity index is 248. The summed E-state index contributed by atoms with van der Waals surface area (Å²) in [5.74, 6) is -0.602. The lowest BCUT2D eigenvalue weighted by Gasteiger charge is -2.38. The Morgan fingerprint density at radius 1 is 1.40 bits per heavy atom. The van der Waals surface area contributed by atoms with E-state index in [1.54, 1.807) is 0 Å². The van der Waals surface area contributed by atoms with Crippen molar-refractivity contribution >= 4 is 5.97 Å². The Morgan fingerprint density at radius 2 is 2.07 bits per heavy atom. The van der Waals surface area contributed by atoms with Crippen molar-refractivity contribution in [2.75, 3.05) is 6.54 Å². The molecule has 0 aromatic carbocycles. The number of rotatable bonds is 3. The van der Waals surface area contributed by atoms with Gasteiger partial charge in [0.25, 0.3) is 0 Å². The molecule has 1 aliphatic carbocycles. The molecule has 0 aromatic heterocycles. The van der Waals surface area contributed by atoms with Gasteiger partial charge in [-0.2, -0.15) is 0 Å². The predicted octanol–water partition coefficient (Wildman–Crippen LogP) is 2.26. The van der Waals surface area contributed by atoms with Crippen LogP contribution in [0.15, 0.2) is 0 Å². The first-order chi connectivity index (χ1) is 7.20. The van der Waals surface area contributed by atoms with Crippen LogP contribution in [0.1, 0.15) is 51.9 Å². The smallest absolute Gasteiger partial charge is 0.324 e. The van der Waals surface area contributed by atoms with Gasteiger partial charge in [-0.3, -0.25) is 9.69 Å². The van der Waals surface area contributed by atoms with E-state index in [2.05, 4.69) is 4.90 Å². The first kappa shape index (κ1) is 10.9. The van der Waals surface area contributed by atoms with Gasteiger partial charge < -0.3 is 5.11 Å². The van der Waals surface area contributed by atoms with Gasteiger partial charge in [0.2, 0.25) is 0 Å². The van der Waals surface area contributed by atoms with Gasteiger partial charge in [0.05, 0.1) is 0 Å². The lowest BCUT2D eigenvalue weighted by Crippen LogP contribution is -2.53. The second-order valence-electron chi connectivity index (χ2n) is 4.93. The third kappa shape index (κ3) is 1.67. The molecule has 0 radical (unpaired) electrons. The summed E-state index contributed by atoms with van der Waals surface area (Å²) in [6.07, 6.45) is 7.61. The zero-order valence-corrected chi connectivity index (χ0v) is 9.54. The summed E-state index contributed by atoms with van der Waals surface area (Å²) in [4.78, 5) is 13.8. The summed E-state index contributed by atoms with van der Waals surface area (Å²) >= 11 is 0. The molecule has 1 N–H and O–H groups in total. The fraction of sp³-hybridized carbons (Fsp3) is 0.917. The Labute approximate surface area is 91.5 Å². The maximum Gasteiger partial charge on any atom is 0.324 e. The van der Waals surface area contributed by atoms with Crippen molar-refractivity contribution in [3.05, 3.63) is 0 Å². The number of aliphatic carboxylic acids is 1. The summed E-state index contributed by atoms with van der Waals surface area (Å²) in [6.45, 7) is 3.01. The van der Waals surface area contributed by atoms with Gasteiger partial charge in [-0.1, -0.05) is 19.8 Å². The van der Waals surface area contributed by atoms with Crippen molar-refractivity contribution in [2.24, 2.45) is 0 Å². The highest BCUT2D eigenvalue weighted by molar-refractivity contribution is 5.79. The van der Waals surface area contributed by atoms with Crippen LogP contribution < -0.4 is 0 Å². The van der Waals surface area contributed by atoms with Crippen molar-refractivity contribution < 1.29 is 9.90 Å². The lowest BCUT2D eigenvalue weighted by atomic mass is 9.91. The summed E-state index contributed by atoms with van der Waals surface area (Å²) in [7, 11) is 0. The zero-order valence-electron chi connectivity index (χ0n) is 9.54. The Balaban J connectivity index is 2.18. The largest absolute Gasteiger partial charge is 0.480 e. The molecule has 86 valence electrons. The predicted molar refractivity (Wildman–Crippen MR) is 58.9 cm³/mol. The van der Waals surface area contributed by atoms with Gasteiger partial charge in [-0.25, -0.2) is 0 Å². The Kier molecular flexibility index (Phi) is 3.01. The molecule has 0 aromatic rings. The van der Waals surface area contributed by atoms with Crippen molar-refractivity contribution in [1.82, 2.24) is 4.90 Å². The van der Waals surface area contributed by atoms with Crippen LogP contribution in [0.2, 0.25) is 0 Å². The number of nitrogens with zero attached hydrogens (tertiary/aromatic N) is 1. The fourth-order valence-electron chi connectivity index (χ4n) is 3.41. The summed E-state index contributed by atoms with van der Waals surface area (Å²) < 4.78 is 0. The van der Waals surface area contributed by atoms with E-state index in [4.69, 9.17) is 0 Å². The second-order valence-corrected chi connectivity index (χ2v) is 4.93. The number of hydrogen-bond donors (Lipinski definition) is 1. The van der Waals surface area contributed by atoms with Gasteiger partial charge >= 0.3 is 5.97 Å². The van der Waals surface area contributed by atoms with Crippen LogP contribution in [0.3, 0.4) is 0 Å². The number of likely N-dealkylation sites (tertiary alicyclic amines) is 1. The minimum atomic E-state index is -0.602. The third-order valence-corrected chi connectivity index (χ3v) is 4.29. The quantitative estimate of drug-likeness (QED) is 0.778. The van der Waals surface area contributed by atoms with E-state index in [0.29, 0.717) is 6.04 Å². The van der Waals surface area contributed by atoms with E-state index in [-0.39, 0.29) is 0 Å². The van der Waals surface area contributed by atoms with Crippen molar-refractivity contribution in [1.29, 1.82) is 0 Å². The molecule has 1 saturated heterocycles. The number of carboxylic acids is 1. The van der Waals surface area contributed by atoms with Gasteiger partial charge in [-0.15, -0.1) is 0 Å². The average molecular weight is 211 g/mol. The summed E-state index contributed by atoms with van der Waals surface area (Å²) in [6, 6.07) is 0.545. The highest BCUT2D eigenvalue weighted by Crippen LogP contribution is 2.38. The summed E-state index contributed by atoms with van der Waals surface area (Å²) in [5.41, 5.74) is -0.533. The monoisotopic (exact) mass is 211 g/mol. The van der Waals surface area contributed by atoms with E-state index in [1.807, 2.05) is 6.92 Å². The number of carboxylic acid groups (broad SMARTS) is 1. The molecule has 1 heterocycles. The van der Waals surface area contributed by atoms with Crippen molar-refractivity contribution in [3.63, 3.8) is 0 Å². The van der Waals surface area contributed by atoms with Crippen LogP contribution in [-0.4, -0.2) is 34.1 Å². The molecule has 2 aliphatic rings. The minimum absolute atomic E-state index is 0.533. The van der Waals surface area contributed by atoms with Gasteiger partial charge in [0.1, 0.15) is 5.54 Å². The molecule has 1 aliphatic heterocycles. The third-order valence-electron chi connectivity index (χ3n) is 4.29. The van der Waals surface area contributed by atoms with Gasteiger partial charge in [0.15, 0.2) is 0 Å². The molecule has 1 unspecified atom stereocenters.